The molecular formula is C17H28N6O. The van der Waals surface area contributed by atoms with Crippen molar-refractivity contribution in [2.24, 2.45) is 13.0 Å². The lowest BCUT2D eigenvalue weighted by Gasteiger charge is -2.41. The van der Waals surface area contributed by atoms with Gasteiger partial charge in [0.05, 0.1) is 12.2 Å². The van der Waals surface area contributed by atoms with Crippen LogP contribution in [0.15, 0.2) is 16.8 Å². The summed E-state index contributed by atoms with van der Waals surface area (Å²) in [5, 5.41) is 12.5. The van der Waals surface area contributed by atoms with E-state index in [9.17, 15) is 0 Å². The number of aryl methyl sites for hydroxylation is 2. The molecule has 0 saturated carbocycles. The lowest BCUT2D eigenvalue weighted by atomic mass is 9.85. The molecule has 1 saturated heterocycles. The third-order valence-corrected chi connectivity index (χ3v) is 5.16. The number of rotatable bonds is 5. The molecule has 24 heavy (non-hydrogen) atoms. The molecule has 3 rings (SSSR count). The van der Waals surface area contributed by atoms with E-state index in [0.717, 1.165) is 13.1 Å². The highest BCUT2D eigenvalue weighted by Crippen LogP contribution is 2.36. The van der Waals surface area contributed by atoms with Gasteiger partial charge in [0.1, 0.15) is 0 Å². The van der Waals surface area contributed by atoms with Gasteiger partial charge in [-0.25, -0.2) is 0 Å². The van der Waals surface area contributed by atoms with Crippen molar-refractivity contribution in [3.8, 4) is 0 Å². The van der Waals surface area contributed by atoms with Crippen molar-refractivity contribution < 1.29 is 4.42 Å². The van der Waals surface area contributed by atoms with Gasteiger partial charge in [-0.2, -0.15) is 5.10 Å². The van der Waals surface area contributed by atoms with Gasteiger partial charge in [0.2, 0.25) is 11.8 Å². The van der Waals surface area contributed by atoms with Crippen LogP contribution in [0.5, 0.6) is 0 Å². The van der Waals surface area contributed by atoms with E-state index in [2.05, 4.69) is 52.3 Å². The van der Waals surface area contributed by atoms with E-state index in [1.54, 1.807) is 0 Å². The standard InChI is InChI=1S/C17H28N6O/c1-12(17-20-19-13(2)24-17)22(4)10-14-7-6-8-21(3)16(14)15-9-18-23(5)11-15/h9,11-12,14,16H,6-8,10H2,1-5H3/t12-,14-,16+/m0/s1. The van der Waals surface area contributed by atoms with Crippen molar-refractivity contribution in [3.63, 3.8) is 0 Å². The number of aromatic nitrogens is 4. The van der Waals surface area contributed by atoms with Crippen LogP contribution in [0.4, 0.5) is 0 Å². The average Bonchev–Trinajstić information content (AvgIpc) is 3.15. The highest BCUT2D eigenvalue weighted by molar-refractivity contribution is 5.13. The van der Waals surface area contributed by atoms with Crippen LogP contribution in [0.2, 0.25) is 0 Å². The second kappa shape index (κ2) is 7.03. The molecule has 0 N–H and O–H groups in total. The molecule has 0 bridgehead atoms. The molecule has 0 aromatic carbocycles. The van der Waals surface area contributed by atoms with Crippen molar-refractivity contribution in [2.45, 2.75) is 38.8 Å². The van der Waals surface area contributed by atoms with E-state index in [1.165, 1.54) is 18.4 Å². The van der Waals surface area contributed by atoms with Crippen LogP contribution >= 0.6 is 0 Å². The first kappa shape index (κ1) is 17.1. The first-order valence-corrected chi connectivity index (χ1v) is 8.64. The van der Waals surface area contributed by atoms with Crippen LogP contribution in [0, 0.1) is 12.8 Å². The van der Waals surface area contributed by atoms with Crippen molar-refractivity contribution in [1.82, 2.24) is 29.8 Å². The third-order valence-electron chi connectivity index (χ3n) is 5.16. The van der Waals surface area contributed by atoms with E-state index in [4.69, 9.17) is 4.42 Å². The Morgan fingerprint density at radius 3 is 2.79 bits per heavy atom. The number of likely N-dealkylation sites (tertiary alicyclic amines) is 1. The zero-order valence-corrected chi connectivity index (χ0v) is 15.3. The Kier molecular flexibility index (Phi) is 5.01. The third kappa shape index (κ3) is 3.52. The lowest BCUT2D eigenvalue weighted by molar-refractivity contribution is 0.0795. The average molecular weight is 332 g/mol. The topological polar surface area (TPSA) is 63.2 Å². The zero-order chi connectivity index (χ0) is 17.3. The molecule has 2 aromatic rings. The maximum Gasteiger partial charge on any atom is 0.233 e. The van der Waals surface area contributed by atoms with Gasteiger partial charge >= 0.3 is 0 Å². The quantitative estimate of drug-likeness (QED) is 0.836. The fraction of sp³-hybridized carbons (Fsp3) is 0.706. The molecule has 1 aliphatic rings. The SMILES string of the molecule is Cc1nnc([C@H](C)N(C)C[C@@H]2CCCN(C)[C@H]2c2cnn(C)c2)o1. The number of hydrogen-bond acceptors (Lipinski definition) is 6. The Morgan fingerprint density at radius 2 is 2.17 bits per heavy atom. The van der Waals surface area contributed by atoms with Gasteiger partial charge in [-0.1, -0.05) is 0 Å². The van der Waals surface area contributed by atoms with Gasteiger partial charge < -0.3 is 4.42 Å². The number of nitrogens with zero attached hydrogens (tertiary/aromatic N) is 6. The summed E-state index contributed by atoms with van der Waals surface area (Å²) < 4.78 is 7.50. The molecule has 132 valence electrons. The molecular weight excluding hydrogens is 304 g/mol. The molecule has 0 radical (unpaired) electrons. The predicted octanol–water partition coefficient (Wildman–Crippen LogP) is 2.19. The maximum absolute atomic E-state index is 5.60. The van der Waals surface area contributed by atoms with Crippen LogP contribution in [-0.2, 0) is 7.05 Å². The molecule has 0 aliphatic carbocycles. The minimum Gasteiger partial charge on any atom is -0.424 e. The number of piperidine rings is 1. The minimum atomic E-state index is 0.119. The smallest absolute Gasteiger partial charge is 0.233 e. The summed E-state index contributed by atoms with van der Waals surface area (Å²) in [6.07, 6.45) is 6.61. The van der Waals surface area contributed by atoms with Crippen molar-refractivity contribution in [2.75, 3.05) is 27.2 Å². The van der Waals surface area contributed by atoms with Gasteiger partial charge in [0.25, 0.3) is 0 Å². The maximum atomic E-state index is 5.60. The van der Waals surface area contributed by atoms with Gasteiger partial charge in [-0.15, -0.1) is 10.2 Å². The molecule has 0 unspecified atom stereocenters. The summed E-state index contributed by atoms with van der Waals surface area (Å²) >= 11 is 0. The zero-order valence-electron chi connectivity index (χ0n) is 15.3. The second-order valence-corrected chi connectivity index (χ2v) is 7.05. The van der Waals surface area contributed by atoms with E-state index in [-0.39, 0.29) is 6.04 Å². The molecule has 0 spiro atoms. The van der Waals surface area contributed by atoms with Crippen LogP contribution in [-0.4, -0.2) is 57.0 Å². The molecule has 7 heteroatoms. The van der Waals surface area contributed by atoms with Crippen molar-refractivity contribution in [1.29, 1.82) is 0 Å². The summed E-state index contributed by atoms with van der Waals surface area (Å²) in [7, 11) is 6.33. The van der Waals surface area contributed by atoms with Gasteiger partial charge in [0.15, 0.2) is 0 Å². The van der Waals surface area contributed by atoms with Crippen molar-refractivity contribution in [3.05, 3.63) is 29.7 Å². The molecule has 1 fully saturated rings. The monoisotopic (exact) mass is 332 g/mol. The molecule has 3 heterocycles. The Labute approximate surface area is 143 Å². The molecule has 0 amide bonds. The normalized spacial score (nSPS) is 23.8. The summed E-state index contributed by atoms with van der Waals surface area (Å²) in [6, 6.07) is 0.527. The summed E-state index contributed by atoms with van der Waals surface area (Å²) in [5.74, 6) is 1.87. The number of hydrogen-bond donors (Lipinski definition) is 0. The van der Waals surface area contributed by atoms with Crippen LogP contribution in [0.25, 0.3) is 0 Å². The van der Waals surface area contributed by atoms with Gasteiger partial charge in [-0.05, 0) is 46.3 Å². The lowest BCUT2D eigenvalue weighted by Crippen LogP contribution is -2.41. The summed E-state index contributed by atoms with van der Waals surface area (Å²) in [6.45, 7) is 6.08. The van der Waals surface area contributed by atoms with Crippen molar-refractivity contribution >= 4 is 0 Å². The van der Waals surface area contributed by atoms with Crippen LogP contribution in [0.3, 0.4) is 0 Å². The van der Waals surface area contributed by atoms with E-state index < -0.39 is 0 Å². The Hall–Kier alpha value is -1.73. The Bertz CT molecular complexity index is 666. The largest absolute Gasteiger partial charge is 0.424 e. The fourth-order valence-corrected chi connectivity index (χ4v) is 3.77. The Balaban J connectivity index is 1.73. The first-order valence-electron chi connectivity index (χ1n) is 8.64. The van der Waals surface area contributed by atoms with Crippen LogP contribution < -0.4 is 0 Å². The highest BCUT2D eigenvalue weighted by Gasteiger charge is 2.33. The summed E-state index contributed by atoms with van der Waals surface area (Å²) in [4.78, 5) is 4.78. The molecule has 7 nitrogen and oxygen atoms in total. The van der Waals surface area contributed by atoms with E-state index in [1.807, 2.05) is 24.9 Å². The molecule has 2 aromatic heterocycles. The Morgan fingerprint density at radius 1 is 1.38 bits per heavy atom. The molecule has 1 aliphatic heterocycles. The van der Waals surface area contributed by atoms with Gasteiger partial charge in [0, 0.05) is 38.3 Å². The highest BCUT2D eigenvalue weighted by atomic mass is 16.4. The second-order valence-electron chi connectivity index (χ2n) is 7.05. The van der Waals surface area contributed by atoms with Crippen LogP contribution in [0.1, 0.15) is 49.2 Å². The minimum absolute atomic E-state index is 0.119. The van der Waals surface area contributed by atoms with Gasteiger partial charge in [-0.3, -0.25) is 14.5 Å². The fourth-order valence-electron chi connectivity index (χ4n) is 3.77. The van der Waals surface area contributed by atoms with E-state index >= 15 is 0 Å². The predicted molar refractivity (Wildman–Crippen MR) is 91.4 cm³/mol. The summed E-state index contributed by atoms with van der Waals surface area (Å²) in [5.41, 5.74) is 1.30. The molecule has 3 atom stereocenters. The first-order chi connectivity index (χ1) is 11.5. The van der Waals surface area contributed by atoms with E-state index in [0.29, 0.717) is 23.7 Å².